The first-order valence-electron chi connectivity index (χ1n) is 6.73. The number of carbonyl (C=O) groups is 1. The molecule has 0 bridgehead atoms. The maximum absolute atomic E-state index is 11.9. The number of aryl methyl sites for hydroxylation is 1. The number of ether oxygens (including phenoxy) is 1. The van der Waals surface area contributed by atoms with Crippen molar-refractivity contribution in [3.8, 4) is 5.75 Å². The van der Waals surface area contributed by atoms with E-state index in [0.717, 1.165) is 11.4 Å². The van der Waals surface area contributed by atoms with Crippen LogP contribution in [0.4, 0.5) is 10.5 Å². The standard InChI is InChI=1S/C15H18N4O2/c1-3-21-14-7-5-4-6-13(14)19-15(20)16-9-12-8-11(2)17-10-18-12/h4-8,10H,3,9H2,1-2H3,(H2,16,19,20). The molecule has 0 saturated carbocycles. The van der Waals surface area contributed by atoms with Crippen molar-refractivity contribution in [2.75, 3.05) is 11.9 Å². The van der Waals surface area contributed by atoms with Gasteiger partial charge in [-0.2, -0.15) is 0 Å². The summed E-state index contributed by atoms with van der Waals surface area (Å²) in [5.74, 6) is 0.646. The third-order valence-electron chi connectivity index (χ3n) is 2.73. The zero-order chi connectivity index (χ0) is 15.1. The van der Waals surface area contributed by atoms with E-state index in [0.29, 0.717) is 24.6 Å². The van der Waals surface area contributed by atoms with Gasteiger partial charge in [0.15, 0.2) is 0 Å². The number of carbonyl (C=O) groups excluding carboxylic acids is 1. The number of anilines is 1. The van der Waals surface area contributed by atoms with Gasteiger partial charge in [0.2, 0.25) is 0 Å². The van der Waals surface area contributed by atoms with E-state index in [9.17, 15) is 4.79 Å². The lowest BCUT2D eigenvalue weighted by Crippen LogP contribution is -2.28. The number of urea groups is 1. The average molecular weight is 286 g/mol. The minimum absolute atomic E-state index is 0.307. The molecule has 110 valence electrons. The molecule has 6 nitrogen and oxygen atoms in total. The van der Waals surface area contributed by atoms with Crippen molar-refractivity contribution in [1.82, 2.24) is 15.3 Å². The first-order chi connectivity index (χ1) is 10.2. The van der Waals surface area contributed by atoms with Crippen LogP contribution in [0.2, 0.25) is 0 Å². The van der Waals surface area contributed by atoms with Gasteiger partial charge in [-0.25, -0.2) is 14.8 Å². The summed E-state index contributed by atoms with van der Waals surface area (Å²) >= 11 is 0. The SMILES string of the molecule is CCOc1ccccc1NC(=O)NCc1cc(C)ncn1. The third kappa shape index (κ3) is 4.45. The number of nitrogens with zero attached hydrogens (tertiary/aromatic N) is 2. The topological polar surface area (TPSA) is 76.1 Å². The van der Waals surface area contributed by atoms with E-state index in [1.54, 1.807) is 6.07 Å². The predicted octanol–water partition coefficient (Wildman–Crippen LogP) is 2.51. The first-order valence-corrected chi connectivity index (χ1v) is 6.73. The number of nitrogens with one attached hydrogen (secondary N) is 2. The summed E-state index contributed by atoms with van der Waals surface area (Å²) in [6.07, 6.45) is 1.48. The summed E-state index contributed by atoms with van der Waals surface area (Å²) < 4.78 is 5.45. The highest BCUT2D eigenvalue weighted by atomic mass is 16.5. The smallest absolute Gasteiger partial charge is 0.319 e. The fourth-order valence-electron chi connectivity index (χ4n) is 1.80. The second-order valence-corrected chi connectivity index (χ2v) is 4.39. The lowest BCUT2D eigenvalue weighted by molar-refractivity contribution is 0.251. The summed E-state index contributed by atoms with van der Waals surface area (Å²) in [5, 5.41) is 5.51. The largest absolute Gasteiger partial charge is 0.492 e. The van der Waals surface area contributed by atoms with Gasteiger partial charge in [-0.1, -0.05) is 12.1 Å². The zero-order valence-electron chi connectivity index (χ0n) is 12.1. The van der Waals surface area contributed by atoms with E-state index in [-0.39, 0.29) is 6.03 Å². The van der Waals surface area contributed by atoms with Crippen LogP contribution in [-0.2, 0) is 6.54 Å². The maximum atomic E-state index is 11.9. The first kappa shape index (κ1) is 14.8. The highest BCUT2D eigenvalue weighted by Gasteiger charge is 2.07. The van der Waals surface area contributed by atoms with Crippen LogP contribution in [-0.4, -0.2) is 22.6 Å². The number of benzene rings is 1. The van der Waals surface area contributed by atoms with Crippen molar-refractivity contribution in [3.63, 3.8) is 0 Å². The number of para-hydroxylation sites is 2. The van der Waals surface area contributed by atoms with E-state index in [4.69, 9.17) is 4.74 Å². The Bertz CT molecular complexity index is 616. The van der Waals surface area contributed by atoms with E-state index in [2.05, 4.69) is 20.6 Å². The normalized spacial score (nSPS) is 10.0. The molecule has 21 heavy (non-hydrogen) atoms. The second kappa shape index (κ2) is 7.23. The lowest BCUT2D eigenvalue weighted by atomic mass is 10.3. The molecule has 0 atom stereocenters. The van der Waals surface area contributed by atoms with Crippen molar-refractivity contribution in [1.29, 1.82) is 0 Å². The van der Waals surface area contributed by atoms with Crippen LogP contribution in [0.25, 0.3) is 0 Å². The second-order valence-electron chi connectivity index (χ2n) is 4.39. The fourth-order valence-corrected chi connectivity index (χ4v) is 1.80. The quantitative estimate of drug-likeness (QED) is 0.885. The highest BCUT2D eigenvalue weighted by Crippen LogP contribution is 2.23. The van der Waals surface area contributed by atoms with Gasteiger partial charge < -0.3 is 15.4 Å². The van der Waals surface area contributed by atoms with Crippen molar-refractivity contribution < 1.29 is 9.53 Å². The van der Waals surface area contributed by atoms with Crippen molar-refractivity contribution in [2.45, 2.75) is 20.4 Å². The molecule has 0 spiro atoms. The van der Waals surface area contributed by atoms with Crippen LogP contribution in [0.15, 0.2) is 36.7 Å². The lowest BCUT2D eigenvalue weighted by Gasteiger charge is -2.12. The van der Waals surface area contributed by atoms with Crippen LogP contribution < -0.4 is 15.4 Å². The number of aromatic nitrogens is 2. The minimum Gasteiger partial charge on any atom is -0.492 e. The van der Waals surface area contributed by atoms with Gasteiger partial charge in [0.1, 0.15) is 12.1 Å². The Kier molecular flexibility index (Phi) is 5.09. The minimum atomic E-state index is -0.307. The molecule has 0 aliphatic carbocycles. The summed E-state index contributed by atoms with van der Waals surface area (Å²) in [4.78, 5) is 20.0. The van der Waals surface area contributed by atoms with E-state index >= 15 is 0 Å². The molecule has 2 amide bonds. The molecular formula is C15H18N4O2. The molecule has 1 aromatic heterocycles. The Hall–Kier alpha value is -2.63. The molecule has 2 aromatic rings. The molecule has 0 radical (unpaired) electrons. The predicted molar refractivity (Wildman–Crippen MR) is 80.2 cm³/mol. The van der Waals surface area contributed by atoms with Gasteiger partial charge in [-0.3, -0.25) is 0 Å². The average Bonchev–Trinajstić information content (AvgIpc) is 2.48. The molecule has 6 heteroatoms. The highest BCUT2D eigenvalue weighted by molar-refractivity contribution is 5.90. The molecular weight excluding hydrogens is 268 g/mol. The summed E-state index contributed by atoms with van der Waals surface area (Å²) in [6, 6.07) is 8.82. The van der Waals surface area contributed by atoms with Crippen molar-refractivity contribution >= 4 is 11.7 Å². The summed E-state index contributed by atoms with van der Waals surface area (Å²) in [5.41, 5.74) is 2.26. The summed E-state index contributed by atoms with van der Waals surface area (Å²) in [7, 11) is 0. The van der Waals surface area contributed by atoms with Crippen LogP contribution in [0.1, 0.15) is 18.3 Å². The van der Waals surface area contributed by atoms with Crippen molar-refractivity contribution in [3.05, 3.63) is 48.0 Å². The van der Waals surface area contributed by atoms with Gasteiger partial charge in [0, 0.05) is 5.69 Å². The molecule has 0 unspecified atom stereocenters. The Morgan fingerprint density at radius 2 is 2.10 bits per heavy atom. The molecule has 2 N–H and O–H groups in total. The number of rotatable bonds is 5. The van der Waals surface area contributed by atoms with Crippen LogP contribution in [0.5, 0.6) is 5.75 Å². The van der Waals surface area contributed by atoms with E-state index in [1.807, 2.05) is 38.1 Å². The van der Waals surface area contributed by atoms with Crippen LogP contribution >= 0.6 is 0 Å². The Morgan fingerprint density at radius 3 is 2.86 bits per heavy atom. The molecule has 0 aliphatic rings. The van der Waals surface area contributed by atoms with E-state index < -0.39 is 0 Å². The van der Waals surface area contributed by atoms with E-state index in [1.165, 1.54) is 6.33 Å². The molecule has 0 saturated heterocycles. The Morgan fingerprint density at radius 1 is 1.29 bits per heavy atom. The number of hydrogen-bond donors (Lipinski definition) is 2. The van der Waals surface area contributed by atoms with Gasteiger partial charge in [-0.05, 0) is 32.0 Å². The number of amides is 2. The van der Waals surface area contributed by atoms with Gasteiger partial charge >= 0.3 is 6.03 Å². The van der Waals surface area contributed by atoms with Gasteiger partial charge in [0.05, 0.1) is 24.5 Å². The monoisotopic (exact) mass is 286 g/mol. The molecule has 2 rings (SSSR count). The number of hydrogen-bond acceptors (Lipinski definition) is 4. The van der Waals surface area contributed by atoms with Crippen molar-refractivity contribution in [2.24, 2.45) is 0 Å². The van der Waals surface area contributed by atoms with Gasteiger partial charge in [-0.15, -0.1) is 0 Å². The molecule has 0 fully saturated rings. The zero-order valence-corrected chi connectivity index (χ0v) is 12.1. The Labute approximate surface area is 123 Å². The Balaban J connectivity index is 1.93. The van der Waals surface area contributed by atoms with Crippen LogP contribution in [0, 0.1) is 6.92 Å². The third-order valence-corrected chi connectivity index (χ3v) is 2.73. The molecule has 0 aliphatic heterocycles. The van der Waals surface area contributed by atoms with Crippen LogP contribution in [0.3, 0.4) is 0 Å². The molecule has 1 heterocycles. The fraction of sp³-hybridized carbons (Fsp3) is 0.267. The summed E-state index contributed by atoms with van der Waals surface area (Å²) in [6.45, 7) is 4.66. The maximum Gasteiger partial charge on any atom is 0.319 e. The van der Waals surface area contributed by atoms with Gasteiger partial charge in [0.25, 0.3) is 0 Å². The molecule has 1 aromatic carbocycles.